The molecule has 0 heteroatoms. The van der Waals surface area contributed by atoms with Crippen LogP contribution in [0.4, 0.5) is 0 Å². The van der Waals surface area contributed by atoms with Crippen molar-refractivity contribution in [2.24, 2.45) is 41.4 Å². The minimum atomic E-state index is 0.634. The summed E-state index contributed by atoms with van der Waals surface area (Å²) >= 11 is 0. The molecule has 0 N–H and O–H groups in total. The summed E-state index contributed by atoms with van der Waals surface area (Å²) in [7, 11) is 0. The first kappa shape index (κ1) is 29.7. The second-order valence-corrected chi connectivity index (χ2v) is 10.6. The fourth-order valence-corrected chi connectivity index (χ4v) is 4.13. The summed E-state index contributed by atoms with van der Waals surface area (Å²) in [5.74, 6) is 5.00. The van der Waals surface area contributed by atoms with Crippen molar-refractivity contribution in [1.29, 1.82) is 0 Å². The van der Waals surface area contributed by atoms with Gasteiger partial charge in [-0.25, -0.2) is 0 Å². The van der Waals surface area contributed by atoms with Gasteiger partial charge in [0.1, 0.15) is 0 Å². The molecule has 28 heavy (non-hydrogen) atoms. The molecule has 0 nitrogen and oxygen atoms in total. The van der Waals surface area contributed by atoms with Crippen molar-refractivity contribution in [3.63, 3.8) is 0 Å². The average molecular weight is 393 g/mol. The van der Waals surface area contributed by atoms with E-state index in [0.29, 0.717) is 23.7 Å². The number of rotatable bonds is 5. The lowest BCUT2D eigenvalue weighted by Gasteiger charge is -2.27. The molecule has 0 aromatic rings. The van der Waals surface area contributed by atoms with E-state index in [0.717, 1.165) is 17.8 Å². The number of hydrogen-bond donors (Lipinski definition) is 0. The molecular formula is C28H56. The molecule has 0 aromatic heterocycles. The van der Waals surface area contributed by atoms with Crippen molar-refractivity contribution in [3.8, 4) is 0 Å². The second-order valence-electron chi connectivity index (χ2n) is 10.6. The largest absolute Gasteiger partial charge is 0.0683 e. The fraction of sp³-hybridized carbons (Fsp3) is 0.857. The van der Waals surface area contributed by atoms with Gasteiger partial charge in [0.25, 0.3) is 0 Å². The van der Waals surface area contributed by atoms with Crippen LogP contribution < -0.4 is 0 Å². The van der Waals surface area contributed by atoms with E-state index in [1.807, 2.05) is 13.8 Å². The van der Waals surface area contributed by atoms with Gasteiger partial charge in [0.2, 0.25) is 0 Å². The monoisotopic (exact) mass is 392 g/mol. The van der Waals surface area contributed by atoms with Gasteiger partial charge >= 0.3 is 0 Å². The van der Waals surface area contributed by atoms with E-state index in [4.69, 9.17) is 0 Å². The molecule has 1 aliphatic carbocycles. The molecule has 1 rings (SSSR count). The van der Waals surface area contributed by atoms with E-state index in [2.05, 4.69) is 90.0 Å². The Morgan fingerprint density at radius 1 is 0.500 bits per heavy atom. The molecule has 0 radical (unpaired) electrons. The molecule has 168 valence electrons. The minimum Gasteiger partial charge on any atom is -0.0683 e. The van der Waals surface area contributed by atoms with E-state index in [9.17, 15) is 0 Å². The van der Waals surface area contributed by atoms with Crippen LogP contribution in [0.2, 0.25) is 0 Å². The minimum absolute atomic E-state index is 0.634. The fourth-order valence-electron chi connectivity index (χ4n) is 4.13. The Kier molecular flexibility index (Phi) is 15.3. The predicted octanol–water partition coefficient (Wildman–Crippen LogP) is 9.96. The van der Waals surface area contributed by atoms with Crippen LogP contribution in [0, 0.1) is 41.4 Å². The third-order valence-corrected chi connectivity index (χ3v) is 5.44. The third-order valence-electron chi connectivity index (χ3n) is 5.44. The molecule has 0 amide bonds. The Hall–Kier alpha value is -0.520. The number of hydrogen-bond acceptors (Lipinski definition) is 0. The highest BCUT2D eigenvalue weighted by atomic mass is 14.4. The first-order chi connectivity index (χ1) is 12.8. The molecule has 0 saturated heterocycles. The average Bonchev–Trinajstić information content (AvgIpc) is 2.73. The predicted molar refractivity (Wildman–Crippen MR) is 133 cm³/mol. The summed E-state index contributed by atoms with van der Waals surface area (Å²) in [6.45, 7) is 34.5. The quantitative estimate of drug-likeness (QED) is 0.436. The van der Waals surface area contributed by atoms with Crippen LogP contribution in [0.25, 0.3) is 0 Å². The van der Waals surface area contributed by atoms with Gasteiger partial charge in [-0.05, 0) is 65.4 Å². The van der Waals surface area contributed by atoms with E-state index < -0.39 is 0 Å². The highest BCUT2D eigenvalue weighted by Crippen LogP contribution is 2.45. The van der Waals surface area contributed by atoms with Gasteiger partial charge in [-0.15, -0.1) is 0 Å². The van der Waals surface area contributed by atoms with Gasteiger partial charge in [-0.2, -0.15) is 0 Å². The Morgan fingerprint density at radius 3 is 0.893 bits per heavy atom. The van der Waals surface area contributed by atoms with Crippen LogP contribution in [0.5, 0.6) is 0 Å². The summed E-state index contributed by atoms with van der Waals surface area (Å²) < 4.78 is 0. The molecule has 1 aliphatic rings. The second kappa shape index (κ2) is 14.5. The molecule has 0 fully saturated rings. The van der Waals surface area contributed by atoms with Crippen LogP contribution in [0.1, 0.15) is 117 Å². The van der Waals surface area contributed by atoms with Gasteiger partial charge in [-0.1, -0.05) is 115 Å². The third kappa shape index (κ3) is 9.80. The molecule has 0 unspecified atom stereocenters. The molecule has 0 aliphatic heterocycles. The first-order valence-corrected chi connectivity index (χ1v) is 12.3. The van der Waals surface area contributed by atoms with Crippen molar-refractivity contribution >= 4 is 0 Å². The smallest absolute Gasteiger partial charge is 0.0216 e. The zero-order valence-electron chi connectivity index (χ0n) is 22.5. The molecule has 0 atom stereocenters. The van der Waals surface area contributed by atoms with Crippen molar-refractivity contribution in [3.05, 3.63) is 22.3 Å². The molecule has 0 aromatic carbocycles. The van der Waals surface area contributed by atoms with Crippen LogP contribution in [0.15, 0.2) is 22.3 Å². The summed E-state index contributed by atoms with van der Waals surface area (Å²) in [5.41, 5.74) is 6.90. The van der Waals surface area contributed by atoms with Gasteiger partial charge in [-0.3, -0.25) is 0 Å². The lowest BCUT2D eigenvalue weighted by molar-refractivity contribution is 0.361. The van der Waals surface area contributed by atoms with Gasteiger partial charge in [0.05, 0.1) is 0 Å². The highest BCUT2D eigenvalue weighted by molar-refractivity contribution is 5.44. The van der Waals surface area contributed by atoms with E-state index in [1.54, 1.807) is 22.3 Å². The molecule has 0 bridgehead atoms. The Bertz CT molecular complexity index is 426. The maximum absolute atomic E-state index is 2.41. The molecule has 0 saturated carbocycles. The molecule has 0 spiro atoms. The van der Waals surface area contributed by atoms with Gasteiger partial charge < -0.3 is 0 Å². The topological polar surface area (TPSA) is 0 Å². The zero-order valence-corrected chi connectivity index (χ0v) is 22.5. The standard InChI is InChI=1S/C22H40.C4H10.C2H6/c1-13(2)18-11-19(14(3)4)21(16(7)8)22(17(9)10)20(12-18)15(5)6;1-4(2)3;1-2/h13-18H,11-12H2,1-10H3;4H,1-3H3;1-2H3. The first-order valence-electron chi connectivity index (χ1n) is 12.3. The normalized spacial score (nSPS) is 16.2. The van der Waals surface area contributed by atoms with E-state index >= 15 is 0 Å². The van der Waals surface area contributed by atoms with Crippen molar-refractivity contribution < 1.29 is 0 Å². The summed E-state index contributed by atoms with van der Waals surface area (Å²) in [4.78, 5) is 0. The lowest BCUT2D eigenvalue weighted by Crippen LogP contribution is -2.13. The Balaban J connectivity index is 0. The van der Waals surface area contributed by atoms with Crippen LogP contribution >= 0.6 is 0 Å². The Morgan fingerprint density at radius 2 is 0.750 bits per heavy atom. The van der Waals surface area contributed by atoms with Crippen molar-refractivity contribution in [2.75, 3.05) is 0 Å². The molecular weight excluding hydrogens is 336 g/mol. The van der Waals surface area contributed by atoms with E-state index in [-0.39, 0.29) is 0 Å². The SMILES string of the molecule is CC.CC(C)C.CC(C)C1=C(C(C)C)C(C(C)C)=C(C(C)C)CC(C(C)C)C1. The lowest BCUT2D eigenvalue weighted by atomic mass is 9.78. The maximum atomic E-state index is 2.41. The van der Waals surface area contributed by atoms with Gasteiger partial charge in [0, 0.05) is 0 Å². The van der Waals surface area contributed by atoms with Crippen molar-refractivity contribution in [1.82, 2.24) is 0 Å². The van der Waals surface area contributed by atoms with E-state index in [1.165, 1.54) is 12.8 Å². The summed E-state index contributed by atoms with van der Waals surface area (Å²) in [6.07, 6.45) is 2.60. The van der Waals surface area contributed by atoms with Crippen LogP contribution in [-0.2, 0) is 0 Å². The number of allylic oxidation sites excluding steroid dienone is 4. The Labute approximate surface area is 180 Å². The van der Waals surface area contributed by atoms with Crippen LogP contribution in [-0.4, -0.2) is 0 Å². The van der Waals surface area contributed by atoms with Crippen LogP contribution in [0.3, 0.4) is 0 Å². The summed E-state index contributed by atoms with van der Waals surface area (Å²) in [6, 6.07) is 0. The zero-order chi connectivity index (χ0) is 22.8. The maximum Gasteiger partial charge on any atom is -0.0216 e. The highest BCUT2D eigenvalue weighted by Gasteiger charge is 2.31. The van der Waals surface area contributed by atoms with Crippen molar-refractivity contribution in [2.45, 2.75) is 117 Å². The van der Waals surface area contributed by atoms with Gasteiger partial charge in [0.15, 0.2) is 0 Å². The molecule has 0 heterocycles. The summed E-state index contributed by atoms with van der Waals surface area (Å²) in [5, 5.41) is 0.